The lowest BCUT2D eigenvalue weighted by Gasteiger charge is -2.25. The molecular formula is C26H22ClNO5. The number of carbonyl (C=O) groups excluding carboxylic acids is 2. The highest BCUT2D eigenvalue weighted by molar-refractivity contribution is 6.51. The van der Waals surface area contributed by atoms with E-state index in [2.05, 4.69) is 0 Å². The first-order valence-electron chi connectivity index (χ1n) is 10.4. The van der Waals surface area contributed by atoms with E-state index < -0.39 is 17.7 Å². The number of rotatable bonds is 5. The van der Waals surface area contributed by atoms with Crippen molar-refractivity contribution in [2.75, 3.05) is 4.90 Å². The van der Waals surface area contributed by atoms with Crippen LogP contribution < -0.4 is 9.64 Å². The predicted octanol–water partition coefficient (Wildman–Crippen LogP) is 5.46. The second kappa shape index (κ2) is 9.00. The van der Waals surface area contributed by atoms with E-state index in [1.165, 1.54) is 17.0 Å². The van der Waals surface area contributed by atoms with Gasteiger partial charge < -0.3 is 14.9 Å². The van der Waals surface area contributed by atoms with Crippen LogP contribution in [0, 0.1) is 0 Å². The Balaban J connectivity index is 1.88. The minimum atomic E-state index is -0.933. The van der Waals surface area contributed by atoms with Gasteiger partial charge in [-0.1, -0.05) is 35.9 Å². The monoisotopic (exact) mass is 463 g/mol. The van der Waals surface area contributed by atoms with Gasteiger partial charge in [-0.3, -0.25) is 14.5 Å². The molecule has 1 aliphatic heterocycles. The molecule has 0 radical (unpaired) electrons. The van der Waals surface area contributed by atoms with Crippen LogP contribution in [-0.2, 0) is 9.59 Å². The number of aliphatic hydroxyl groups excluding tert-OH is 1. The van der Waals surface area contributed by atoms with Crippen molar-refractivity contribution in [2.24, 2.45) is 0 Å². The van der Waals surface area contributed by atoms with Gasteiger partial charge in [0, 0.05) is 11.3 Å². The number of aromatic hydroxyl groups is 1. The van der Waals surface area contributed by atoms with Crippen LogP contribution in [0.15, 0.2) is 78.4 Å². The van der Waals surface area contributed by atoms with Gasteiger partial charge in [-0.15, -0.1) is 0 Å². The molecule has 33 heavy (non-hydrogen) atoms. The lowest BCUT2D eigenvalue weighted by Crippen LogP contribution is -2.29. The van der Waals surface area contributed by atoms with Crippen LogP contribution in [0.5, 0.6) is 11.5 Å². The van der Waals surface area contributed by atoms with Gasteiger partial charge in [0.2, 0.25) is 0 Å². The van der Waals surface area contributed by atoms with E-state index in [9.17, 15) is 19.8 Å². The number of ketones is 1. The van der Waals surface area contributed by atoms with E-state index in [0.29, 0.717) is 22.6 Å². The smallest absolute Gasteiger partial charge is 0.300 e. The topological polar surface area (TPSA) is 87.1 Å². The highest BCUT2D eigenvalue weighted by Crippen LogP contribution is 2.43. The Morgan fingerprint density at radius 3 is 2.27 bits per heavy atom. The summed E-state index contributed by atoms with van der Waals surface area (Å²) in [5.41, 5.74) is 1.27. The van der Waals surface area contributed by atoms with Crippen LogP contribution in [-0.4, -0.2) is 28.0 Å². The third kappa shape index (κ3) is 4.30. The zero-order chi connectivity index (χ0) is 23.7. The molecule has 1 amide bonds. The maximum absolute atomic E-state index is 13.1. The summed E-state index contributed by atoms with van der Waals surface area (Å²) in [6.45, 7) is 3.81. The number of anilines is 1. The van der Waals surface area contributed by atoms with Crippen molar-refractivity contribution in [3.8, 4) is 11.5 Å². The number of aliphatic hydroxyl groups is 1. The largest absolute Gasteiger partial charge is 0.507 e. The van der Waals surface area contributed by atoms with Gasteiger partial charge in [0.1, 0.15) is 17.3 Å². The van der Waals surface area contributed by atoms with E-state index in [1.807, 2.05) is 13.8 Å². The number of nitrogens with zero attached hydrogens (tertiary/aromatic N) is 1. The summed E-state index contributed by atoms with van der Waals surface area (Å²) in [5.74, 6) is -1.40. The average molecular weight is 464 g/mol. The number of Topliss-reactive ketones (excluding diaryl/α,β-unsaturated/α-hetero) is 1. The number of ether oxygens (including phenoxy) is 1. The third-order valence-electron chi connectivity index (χ3n) is 5.27. The molecule has 3 aromatic rings. The minimum absolute atomic E-state index is 0.0140. The van der Waals surface area contributed by atoms with Gasteiger partial charge in [0.05, 0.1) is 22.7 Å². The van der Waals surface area contributed by atoms with Crippen LogP contribution in [0.25, 0.3) is 5.76 Å². The molecule has 2 N–H and O–H groups in total. The van der Waals surface area contributed by atoms with Gasteiger partial charge in [-0.05, 0) is 67.9 Å². The Labute approximate surface area is 196 Å². The normalized spacial score (nSPS) is 17.6. The SMILES string of the molecule is CC(C)Oc1ccc(/C(O)=C2/C(=O)C(=O)N(c3ccccc3)C2c2ccc(O)c(Cl)c2)cc1. The maximum Gasteiger partial charge on any atom is 0.300 e. The highest BCUT2D eigenvalue weighted by Gasteiger charge is 2.47. The molecule has 0 aliphatic carbocycles. The van der Waals surface area contributed by atoms with Gasteiger partial charge in [0.15, 0.2) is 0 Å². The summed E-state index contributed by atoms with van der Waals surface area (Å²) in [6.07, 6.45) is -0.0140. The molecule has 168 valence electrons. The number of para-hydroxylation sites is 1. The summed E-state index contributed by atoms with van der Waals surface area (Å²) in [6, 6.07) is 18.9. The summed E-state index contributed by atoms with van der Waals surface area (Å²) in [5, 5.41) is 21.1. The molecule has 1 fully saturated rings. The van der Waals surface area contributed by atoms with Crippen molar-refractivity contribution < 1.29 is 24.5 Å². The van der Waals surface area contributed by atoms with Crippen LogP contribution in [0.3, 0.4) is 0 Å². The van der Waals surface area contributed by atoms with Crippen molar-refractivity contribution in [3.05, 3.63) is 94.5 Å². The molecule has 1 aliphatic rings. The van der Waals surface area contributed by atoms with Crippen molar-refractivity contribution in [2.45, 2.75) is 26.0 Å². The first-order chi connectivity index (χ1) is 15.8. The number of hydrogen-bond donors (Lipinski definition) is 2. The van der Waals surface area contributed by atoms with Crippen molar-refractivity contribution in [1.82, 2.24) is 0 Å². The Morgan fingerprint density at radius 2 is 1.67 bits per heavy atom. The Hall–Kier alpha value is -3.77. The second-order valence-electron chi connectivity index (χ2n) is 7.91. The molecule has 1 saturated heterocycles. The molecule has 0 spiro atoms. The molecule has 0 bridgehead atoms. The Morgan fingerprint density at radius 1 is 1.00 bits per heavy atom. The van der Waals surface area contributed by atoms with Crippen LogP contribution in [0.4, 0.5) is 5.69 Å². The standard InChI is InChI=1S/C26H22ClNO5/c1-15(2)33-19-11-8-16(9-12-19)24(30)22-23(17-10-13-21(29)20(27)14-17)28(26(32)25(22)31)18-6-4-3-5-7-18/h3-15,23,29-30H,1-2H3/b24-22-. The summed E-state index contributed by atoms with van der Waals surface area (Å²) >= 11 is 6.13. The molecule has 6 nitrogen and oxygen atoms in total. The molecular weight excluding hydrogens is 442 g/mol. The van der Waals surface area contributed by atoms with E-state index in [1.54, 1.807) is 60.7 Å². The molecule has 0 aromatic heterocycles. The lowest BCUT2D eigenvalue weighted by atomic mass is 9.95. The fourth-order valence-electron chi connectivity index (χ4n) is 3.82. The molecule has 3 aromatic carbocycles. The molecule has 1 unspecified atom stereocenters. The van der Waals surface area contributed by atoms with E-state index in [-0.39, 0.29) is 28.2 Å². The number of halogens is 1. The third-order valence-corrected chi connectivity index (χ3v) is 5.57. The highest BCUT2D eigenvalue weighted by atomic mass is 35.5. The van der Waals surface area contributed by atoms with Gasteiger partial charge in [-0.25, -0.2) is 0 Å². The van der Waals surface area contributed by atoms with Gasteiger partial charge >= 0.3 is 0 Å². The molecule has 1 heterocycles. The number of benzene rings is 3. The summed E-state index contributed by atoms with van der Waals surface area (Å²) in [4.78, 5) is 27.6. The first kappa shape index (κ1) is 22.4. The van der Waals surface area contributed by atoms with Crippen molar-refractivity contribution in [3.63, 3.8) is 0 Å². The zero-order valence-electron chi connectivity index (χ0n) is 18.0. The van der Waals surface area contributed by atoms with Gasteiger partial charge in [0.25, 0.3) is 11.7 Å². The maximum atomic E-state index is 13.1. The molecule has 4 rings (SSSR count). The Bertz CT molecular complexity index is 1240. The summed E-state index contributed by atoms with van der Waals surface area (Å²) < 4.78 is 5.64. The summed E-state index contributed by atoms with van der Waals surface area (Å²) in [7, 11) is 0. The van der Waals surface area contributed by atoms with Crippen LogP contribution in [0.2, 0.25) is 5.02 Å². The van der Waals surface area contributed by atoms with Crippen LogP contribution >= 0.6 is 11.6 Å². The molecule has 0 saturated carbocycles. The van der Waals surface area contributed by atoms with E-state index in [0.717, 1.165) is 0 Å². The number of carbonyl (C=O) groups is 2. The van der Waals surface area contributed by atoms with E-state index in [4.69, 9.17) is 16.3 Å². The molecule has 1 atom stereocenters. The fraction of sp³-hybridized carbons (Fsp3) is 0.154. The predicted molar refractivity (Wildman–Crippen MR) is 127 cm³/mol. The molecule has 7 heteroatoms. The number of phenols is 1. The average Bonchev–Trinajstić information content (AvgIpc) is 3.06. The first-order valence-corrected chi connectivity index (χ1v) is 10.8. The van der Waals surface area contributed by atoms with Gasteiger partial charge in [-0.2, -0.15) is 0 Å². The zero-order valence-corrected chi connectivity index (χ0v) is 18.8. The quantitative estimate of drug-likeness (QED) is 0.298. The minimum Gasteiger partial charge on any atom is -0.507 e. The van der Waals surface area contributed by atoms with Crippen molar-refractivity contribution >= 4 is 34.7 Å². The number of phenolic OH excluding ortho intramolecular Hbond substituents is 1. The van der Waals surface area contributed by atoms with Crippen molar-refractivity contribution in [1.29, 1.82) is 0 Å². The Kier molecular flexibility index (Phi) is 6.11. The number of amides is 1. The number of hydrogen-bond acceptors (Lipinski definition) is 5. The lowest BCUT2D eigenvalue weighted by molar-refractivity contribution is -0.132. The fourth-order valence-corrected chi connectivity index (χ4v) is 4.00. The van der Waals surface area contributed by atoms with Crippen LogP contribution in [0.1, 0.15) is 31.0 Å². The second-order valence-corrected chi connectivity index (χ2v) is 8.31. The van der Waals surface area contributed by atoms with E-state index >= 15 is 0 Å².